The van der Waals surface area contributed by atoms with Crippen molar-refractivity contribution in [1.29, 1.82) is 0 Å². The molecule has 1 aliphatic heterocycles. The minimum Gasteiger partial charge on any atom is -0.346 e. The Kier molecular flexibility index (Phi) is 2.24. The van der Waals surface area contributed by atoms with Gasteiger partial charge in [-0.1, -0.05) is 11.6 Å². The minimum absolute atomic E-state index is 0.0488. The molecule has 0 atom stereocenters. The van der Waals surface area contributed by atoms with Gasteiger partial charge in [0.25, 0.3) is 11.8 Å². The molecule has 3 heterocycles. The van der Waals surface area contributed by atoms with E-state index in [4.69, 9.17) is 11.6 Å². The Morgan fingerprint density at radius 2 is 2.11 bits per heavy atom. The lowest BCUT2D eigenvalue weighted by Gasteiger charge is -2.05. The summed E-state index contributed by atoms with van der Waals surface area (Å²) < 4.78 is 0. The summed E-state index contributed by atoms with van der Waals surface area (Å²) in [6, 6.07) is 3.58. The fourth-order valence-electron chi connectivity index (χ4n) is 2.00. The van der Waals surface area contributed by atoms with Crippen LogP contribution in [0.3, 0.4) is 0 Å². The number of hydrogen-bond acceptors (Lipinski definition) is 3. The van der Waals surface area contributed by atoms with E-state index in [1.807, 2.05) is 6.07 Å². The van der Waals surface area contributed by atoms with Crippen LogP contribution in [0.4, 0.5) is 0 Å². The van der Waals surface area contributed by atoms with Gasteiger partial charge in [0.1, 0.15) is 10.7 Å². The fraction of sp³-hybridized carbons (Fsp3) is 0.0833. The SMILES string of the molecule is CN1C(=O)C(Cl)=C(c2c[nH]c3ncccc23)C1=O. The smallest absolute Gasteiger partial charge is 0.272 e. The second-order valence-electron chi connectivity index (χ2n) is 3.96. The van der Waals surface area contributed by atoms with Gasteiger partial charge in [-0.25, -0.2) is 4.98 Å². The summed E-state index contributed by atoms with van der Waals surface area (Å²) in [4.78, 5) is 31.7. The third-order valence-corrected chi connectivity index (χ3v) is 3.30. The molecule has 18 heavy (non-hydrogen) atoms. The number of pyridine rings is 1. The van der Waals surface area contributed by atoms with Gasteiger partial charge in [0.15, 0.2) is 0 Å². The zero-order valence-electron chi connectivity index (χ0n) is 9.40. The zero-order chi connectivity index (χ0) is 12.9. The van der Waals surface area contributed by atoms with Crippen LogP contribution in [0.5, 0.6) is 0 Å². The molecule has 0 saturated heterocycles. The van der Waals surface area contributed by atoms with E-state index >= 15 is 0 Å². The molecular formula is C12H8ClN3O2. The number of fused-ring (bicyclic) bond motifs is 1. The van der Waals surface area contributed by atoms with Gasteiger partial charge in [0, 0.05) is 30.4 Å². The van der Waals surface area contributed by atoms with Crippen LogP contribution < -0.4 is 0 Å². The van der Waals surface area contributed by atoms with Gasteiger partial charge < -0.3 is 4.98 Å². The number of halogens is 1. The molecule has 90 valence electrons. The van der Waals surface area contributed by atoms with Crippen molar-refractivity contribution < 1.29 is 9.59 Å². The molecule has 2 amide bonds. The van der Waals surface area contributed by atoms with Crippen molar-refractivity contribution in [3.63, 3.8) is 0 Å². The first-order chi connectivity index (χ1) is 8.61. The van der Waals surface area contributed by atoms with E-state index in [2.05, 4.69) is 9.97 Å². The van der Waals surface area contributed by atoms with Crippen LogP contribution in [-0.2, 0) is 9.59 Å². The number of H-pyrrole nitrogens is 1. The molecule has 5 nitrogen and oxygen atoms in total. The number of aromatic amines is 1. The molecule has 1 N–H and O–H groups in total. The number of likely N-dealkylation sites (N-methyl/N-ethyl adjacent to an activating group) is 1. The molecule has 0 radical (unpaired) electrons. The maximum Gasteiger partial charge on any atom is 0.272 e. The lowest BCUT2D eigenvalue weighted by Crippen LogP contribution is -2.26. The third kappa shape index (κ3) is 1.31. The van der Waals surface area contributed by atoms with Gasteiger partial charge in [-0.2, -0.15) is 0 Å². The van der Waals surface area contributed by atoms with E-state index in [0.29, 0.717) is 11.2 Å². The Morgan fingerprint density at radius 3 is 2.78 bits per heavy atom. The topological polar surface area (TPSA) is 66.1 Å². The molecule has 1 aliphatic rings. The first-order valence-electron chi connectivity index (χ1n) is 5.26. The van der Waals surface area contributed by atoms with Crippen molar-refractivity contribution >= 4 is 40.0 Å². The largest absolute Gasteiger partial charge is 0.346 e. The van der Waals surface area contributed by atoms with Crippen LogP contribution in [0.25, 0.3) is 16.6 Å². The molecular weight excluding hydrogens is 254 g/mol. The number of hydrogen-bond donors (Lipinski definition) is 1. The molecule has 0 spiro atoms. The van der Waals surface area contributed by atoms with Gasteiger partial charge >= 0.3 is 0 Å². The van der Waals surface area contributed by atoms with E-state index in [1.165, 1.54) is 7.05 Å². The molecule has 2 aromatic rings. The quantitative estimate of drug-likeness (QED) is 0.792. The molecule has 0 aliphatic carbocycles. The Morgan fingerprint density at radius 1 is 1.33 bits per heavy atom. The standard InChI is InChI=1S/C12H8ClN3O2/c1-16-11(17)8(9(13)12(16)18)7-5-15-10-6(7)3-2-4-14-10/h2-5H,1H3,(H,14,15). The summed E-state index contributed by atoms with van der Waals surface area (Å²) in [6.07, 6.45) is 3.28. The molecule has 2 aromatic heterocycles. The minimum atomic E-state index is -0.477. The number of aromatic nitrogens is 2. The first kappa shape index (κ1) is 11.0. The summed E-state index contributed by atoms with van der Waals surface area (Å²) in [5, 5.41) is 0.717. The van der Waals surface area contributed by atoms with E-state index in [9.17, 15) is 9.59 Å². The van der Waals surface area contributed by atoms with Crippen molar-refractivity contribution in [2.24, 2.45) is 0 Å². The molecule has 3 rings (SSSR count). The van der Waals surface area contributed by atoms with Crippen molar-refractivity contribution in [3.05, 3.63) is 35.1 Å². The molecule has 0 fully saturated rings. The monoisotopic (exact) mass is 261 g/mol. The second-order valence-corrected chi connectivity index (χ2v) is 4.34. The van der Waals surface area contributed by atoms with Crippen LogP contribution in [-0.4, -0.2) is 33.7 Å². The summed E-state index contributed by atoms with van der Waals surface area (Å²) in [6.45, 7) is 0. The number of amides is 2. The normalized spacial score (nSPS) is 16.2. The Bertz CT molecular complexity index is 717. The van der Waals surface area contributed by atoms with Crippen LogP contribution in [0.2, 0.25) is 0 Å². The highest BCUT2D eigenvalue weighted by molar-refractivity contribution is 6.55. The van der Waals surface area contributed by atoms with Gasteiger partial charge in [-0.3, -0.25) is 14.5 Å². The molecule has 0 unspecified atom stereocenters. The maximum atomic E-state index is 12.0. The predicted molar refractivity (Wildman–Crippen MR) is 66.6 cm³/mol. The van der Waals surface area contributed by atoms with Crippen LogP contribution in [0, 0.1) is 0 Å². The average Bonchev–Trinajstić information content (AvgIpc) is 2.87. The molecule has 0 aromatic carbocycles. The average molecular weight is 262 g/mol. The highest BCUT2D eigenvalue weighted by Crippen LogP contribution is 2.34. The van der Waals surface area contributed by atoms with Gasteiger partial charge in [0.05, 0.1) is 5.57 Å². The van der Waals surface area contributed by atoms with Gasteiger partial charge in [0.2, 0.25) is 0 Å². The summed E-state index contributed by atoms with van der Waals surface area (Å²) >= 11 is 5.94. The summed E-state index contributed by atoms with van der Waals surface area (Å²) in [5.74, 6) is -0.871. The predicted octanol–water partition coefficient (Wildman–Crippen LogP) is 1.51. The zero-order valence-corrected chi connectivity index (χ0v) is 10.2. The number of carbonyl (C=O) groups excluding carboxylic acids is 2. The molecule has 0 saturated carbocycles. The van der Waals surface area contributed by atoms with Crippen molar-refractivity contribution in [1.82, 2.24) is 14.9 Å². The third-order valence-electron chi connectivity index (χ3n) is 2.95. The Balaban J connectivity index is 2.28. The number of imide groups is 1. The number of rotatable bonds is 1. The van der Waals surface area contributed by atoms with E-state index in [-0.39, 0.29) is 10.6 Å². The summed E-state index contributed by atoms with van der Waals surface area (Å²) in [7, 11) is 1.41. The lowest BCUT2D eigenvalue weighted by atomic mass is 10.1. The van der Waals surface area contributed by atoms with Crippen LogP contribution in [0.1, 0.15) is 5.56 Å². The Hall–Kier alpha value is -2.14. The maximum absolute atomic E-state index is 12.0. The van der Waals surface area contributed by atoms with E-state index in [0.717, 1.165) is 10.3 Å². The molecule has 0 bridgehead atoms. The van der Waals surface area contributed by atoms with Gasteiger partial charge in [-0.05, 0) is 12.1 Å². The van der Waals surface area contributed by atoms with Gasteiger partial charge in [-0.15, -0.1) is 0 Å². The van der Waals surface area contributed by atoms with Crippen LogP contribution in [0.15, 0.2) is 29.6 Å². The highest BCUT2D eigenvalue weighted by atomic mass is 35.5. The van der Waals surface area contributed by atoms with Crippen molar-refractivity contribution in [2.45, 2.75) is 0 Å². The second kappa shape index (κ2) is 3.68. The molecule has 6 heteroatoms. The van der Waals surface area contributed by atoms with E-state index < -0.39 is 11.8 Å². The summed E-state index contributed by atoms with van der Waals surface area (Å²) in [5.41, 5.74) is 1.48. The lowest BCUT2D eigenvalue weighted by molar-refractivity contribution is -0.134. The van der Waals surface area contributed by atoms with Crippen molar-refractivity contribution in [3.8, 4) is 0 Å². The van der Waals surface area contributed by atoms with Crippen LogP contribution >= 0.6 is 11.6 Å². The first-order valence-corrected chi connectivity index (χ1v) is 5.63. The number of carbonyl (C=O) groups is 2. The van der Waals surface area contributed by atoms with E-state index in [1.54, 1.807) is 18.5 Å². The number of nitrogens with zero attached hydrogens (tertiary/aromatic N) is 2. The number of nitrogens with one attached hydrogen (secondary N) is 1. The Labute approximate surface area is 107 Å². The highest BCUT2D eigenvalue weighted by Gasteiger charge is 2.36. The fourth-order valence-corrected chi connectivity index (χ4v) is 2.31. The van der Waals surface area contributed by atoms with Crippen molar-refractivity contribution in [2.75, 3.05) is 7.05 Å².